The molecule has 1 aromatic heterocycles. The molecule has 1 heterocycles. The summed E-state index contributed by atoms with van der Waals surface area (Å²) in [5.41, 5.74) is 6.85. The quantitative estimate of drug-likeness (QED) is 0.850. The third kappa shape index (κ3) is 2.48. The fourth-order valence-electron chi connectivity index (χ4n) is 1.70. The average Bonchev–Trinajstić information content (AvgIpc) is 2.65. The topological polar surface area (TPSA) is 88.8 Å². The van der Waals surface area contributed by atoms with Crippen LogP contribution in [0.5, 0.6) is 0 Å². The van der Waals surface area contributed by atoms with Crippen LogP contribution in [0.1, 0.15) is 12.2 Å². The van der Waals surface area contributed by atoms with E-state index in [0.29, 0.717) is 17.9 Å². The zero-order chi connectivity index (χ0) is 12.5. The summed E-state index contributed by atoms with van der Waals surface area (Å²) in [4.78, 5) is 7.58. The maximum absolute atomic E-state index is 12.0. The van der Waals surface area contributed by atoms with Gasteiger partial charge >= 0.3 is 0 Å². The van der Waals surface area contributed by atoms with Crippen molar-refractivity contribution in [3.05, 3.63) is 24.0 Å². The third-order valence-electron chi connectivity index (χ3n) is 2.55. The number of hydrogen-bond acceptors (Lipinski definition) is 4. The summed E-state index contributed by atoms with van der Waals surface area (Å²) in [6, 6.07) is 4.93. The lowest BCUT2D eigenvalue weighted by Crippen LogP contribution is -2.11. The highest BCUT2D eigenvalue weighted by Gasteiger charge is 2.14. The van der Waals surface area contributed by atoms with Gasteiger partial charge in [0.15, 0.2) is 9.84 Å². The Labute approximate surface area is 100.0 Å². The van der Waals surface area contributed by atoms with Gasteiger partial charge in [-0.25, -0.2) is 13.4 Å². The number of aromatic amines is 1. The predicted molar refractivity (Wildman–Crippen MR) is 66.6 cm³/mol. The molecule has 2 rings (SSSR count). The number of nitrogens with one attached hydrogen (secondary N) is 1. The standard InChI is InChI=1S/C11H15N3O2S/c1-8-13-10-4-3-9(7-11(10)14-8)17(15,16)6-2-5-12/h3-4,7H,2,5-6,12H2,1H3,(H,13,14). The van der Waals surface area contributed by atoms with Crippen LogP contribution in [-0.4, -0.2) is 30.7 Å². The summed E-state index contributed by atoms with van der Waals surface area (Å²) in [6.07, 6.45) is 0.475. The number of aryl methyl sites for hydroxylation is 1. The number of hydrogen-bond donors (Lipinski definition) is 2. The van der Waals surface area contributed by atoms with Crippen LogP contribution in [0.25, 0.3) is 11.0 Å². The first-order valence-corrected chi connectivity index (χ1v) is 7.07. The van der Waals surface area contributed by atoms with Crippen LogP contribution in [0.4, 0.5) is 0 Å². The van der Waals surface area contributed by atoms with Crippen molar-refractivity contribution in [2.75, 3.05) is 12.3 Å². The zero-order valence-electron chi connectivity index (χ0n) is 9.60. The smallest absolute Gasteiger partial charge is 0.178 e. The first-order valence-electron chi connectivity index (χ1n) is 5.42. The lowest BCUT2D eigenvalue weighted by atomic mass is 10.3. The van der Waals surface area contributed by atoms with Crippen molar-refractivity contribution in [1.29, 1.82) is 0 Å². The second-order valence-electron chi connectivity index (χ2n) is 3.96. The molecule has 0 fully saturated rings. The molecule has 1 aromatic carbocycles. The van der Waals surface area contributed by atoms with E-state index in [-0.39, 0.29) is 5.75 Å². The van der Waals surface area contributed by atoms with Crippen LogP contribution in [0.15, 0.2) is 23.1 Å². The summed E-state index contributed by atoms with van der Waals surface area (Å²) >= 11 is 0. The molecule has 5 nitrogen and oxygen atoms in total. The van der Waals surface area contributed by atoms with E-state index in [1.54, 1.807) is 18.2 Å². The maximum atomic E-state index is 12.0. The predicted octanol–water partition coefficient (Wildman–Crippen LogP) is 0.994. The molecule has 0 aliphatic carbocycles. The van der Waals surface area contributed by atoms with Gasteiger partial charge in [0.2, 0.25) is 0 Å². The molecular weight excluding hydrogens is 238 g/mol. The van der Waals surface area contributed by atoms with Gasteiger partial charge in [0.05, 0.1) is 21.7 Å². The Bertz CT molecular complexity index is 631. The van der Waals surface area contributed by atoms with E-state index < -0.39 is 9.84 Å². The highest BCUT2D eigenvalue weighted by atomic mass is 32.2. The minimum Gasteiger partial charge on any atom is -0.342 e. The lowest BCUT2D eigenvalue weighted by Gasteiger charge is -2.03. The second kappa shape index (κ2) is 4.46. The van der Waals surface area contributed by atoms with Crippen molar-refractivity contribution < 1.29 is 8.42 Å². The fourth-order valence-corrected chi connectivity index (χ4v) is 3.06. The van der Waals surface area contributed by atoms with E-state index in [1.807, 2.05) is 6.92 Å². The number of rotatable bonds is 4. The summed E-state index contributed by atoms with van der Waals surface area (Å²) < 4.78 is 23.9. The van der Waals surface area contributed by atoms with Crippen molar-refractivity contribution in [1.82, 2.24) is 9.97 Å². The molecule has 0 aliphatic rings. The molecule has 0 spiro atoms. The summed E-state index contributed by atoms with van der Waals surface area (Å²) in [5.74, 6) is 0.860. The van der Waals surface area contributed by atoms with Crippen LogP contribution in [0, 0.1) is 6.92 Å². The first-order chi connectivity index (χ1) is 8.03. The molecule has 0 amide bonds. The van der Waals surface area contributed by atoms with E-state index in [2.05, 4.69) is 9.97 Å². The lowest BCUT2D eigenvalue weighted by molar-refractivity contribution is 0.593. The molecule has 92 valence electrons. The third-order valence-corrected chi connectivity index (χ3v) is 4.35. The maximum Gasteiger partial charge on any atom is 0.178 e. The molecule has 0 unspecified atom stereocenters. The van der Waals surface area contributed by atoms with Crippen LogP contribution in [0.2, 0.25) is 0 Å². The fraction of sp³-hybridized carbons (Fsp3) is 0.364. The number of sulfone groups is 1. The Kier molecular flexibility index (Phi) is 3.17. The SMILES string of the molecule is Cc1nc2ccc(S(=O)(=O)CCCN)cc2[nH]1. The van der Waals surface area contributed by atoms with Crippen LogP contribution in [0.3, 0.4) is 0 Å². The van der Waals surface area contributed by atoms with E-state index in [1.165, 1.54) is 0 Å². The Morgan fingerprint density at radius 1 is 1.41 bits per heavy atom. The Hall–Kier alpha value is -1.40. The second-order valence-corrected chi connectivity index (χ2v) is 6.07. The number of benzene rings is 1. The molecule has 17 heavy (non-hydrogen) atoms. The molecule has 0 bridgehead atoms. The van der Waals surface area contributed by atoms with E-state index in [4.69, 9.17) is 5.73 Å². The van der Waals surface area contributed by atoms with Crippen LogP contribution in [-0.2, 0) is 9.84 Å². The van der Waals surface area contributed by atoms with Gasteiger partial charge in [-0.05, 0) is 38.1 Å². The Balaban J connectivity index is 2.42. The summed E-state index contributed by atoms with van der Waals surface area (Å²) in [5, 5.41) is 0. The van der Waals surface area contributed by atoms with E-state index in [0.717, 1.165) is 16.9 Å². The van der Waals surface area contributed by atoms with Crippen molar-refractivity contribution in [2.24, 2.45) is 5.73 Å². The number of nitrogens with zero attached hydrogens (tertiary/aromatic N) is 1. The van der Waals surface area contributed by atoms with Gasteiger partial charge < -0.3 is 10.7 Å². The monoisotopic (exact) mass is 253 g/mol. The summed E-state index contributed by atoms with van der Waals surface area (Å²) in [6.45, 7) is 2.22. The number of nitrogens with two attached hydrogens (primary N) is 1. The van der Waals surface area contributed by atoms with Crippen LogP contribution >= 0.6 is 0 Å². The molecule has 0 radical (unpaired) electrons. The largest absolute Gasteiger partial charge is 0.342 e. The molecule has 2 aromatic rings. The van der Waals surface area contributed by atoms with Gasteiger partial charge in [0.1, 0.15) is 5.82 Å². The molecule has 0 aliphatic heterocycles. The van der Waals surface area contributed by atoms with Crippen molar-refractivity contribution in [2.45, 2.75) is 18.2 Å². The molecule has 0 saturated heterocycles. The van der Waals surface area contributed by atoms with Gasteiger partial charge in [-0.2, -0.15) is 0 Å². The number of aromatic nitrogens is 2. The van der Waals surface area contributed by atoms with Crippen LogP contribution < -0.4 is 5.73 Å². The summed E-state index contributed by atoms with van der Waals surface area (Å²) in [7, 11) is -3.23. The van der Waals surface area contributed by atoms with E-state index in [9.17, 15) is 8.42 Å². The molecule has 3 N–H and O–H groups in total. The first kappa shape index (κ1) is 12.1. The van der Waals surface area contributed by atoms with Crippen molar-refractivity contribution in [3.63, 3.8) is 0 Å². The molecular formula is C11H15N3O2S. The van der Waals surface area contributed by atoms with E-state index >= 15 is 0 Å². The average molecular weight is 253 g/mol. The Morgan fingerprint density at radius 2 is 2.18 bits per heavy atom. The Morgan fingerprint density at radius 3 is 2.88 bits per heavy atom. The van der Waals surface area contributed by atoms with Gasteiger partial charge in [-0.15, -0.1) is 0 Å². The van der Waals surface area contributed by atoms with Gasteiger partial charge in [0.25, 0.3) is 0 Å². The molecule has 0 atom stereocenters. The minimum atomic E-state index is -3.23. The van der Waals surface area contributed by atoms with Crippen molar-refractivity contribution >= 4 is 20.9 Å². The van der Waals surface area contributed by atoms with Gasteiger partial charge in [-0.1, -0.05) is 0 Å². The number of imidazole rings is 1. The van der Waals surface area contributed by atoms with Crippen molar-refractivity contribution in [3.8, 4) is 0 Å². The van der Waals surface area contributed by atoms with Gasteiger partial charge in [0, 0.05) is 0 Å². The number of fused-ring (bicyclic) bond motifs is 1. The number of H-pyrrole nitrogens is 1. The zero-order valence-corrected chi connectivity index (χ0v) is 10.4. The highest BCUT2D eigenvalue weighted by molar-refractivity contribution is 7.91. The molecule has 0 saturated carbocycles. The highest BCUT2D eigenvalue weighted by Crippen LogP contribution is 2.18. The normalized spacial score (nSPS) is 12.1. The molecule has 6 heteroatoms. The minimum absolute atomic E-state index is 0.0854. The van der Waals surface area contributed by atoms with Gasteiger partial charge in [-0.3, -0.25) is 0 Å².